The SMILES string of the molecule is C[Si](C)(C)CCOCN1CN(I)C(Cl)=C2C=CN=C21. The molecule has 4 nitrogen and oxygen atoms in total. The highest BCUT2D eigenvalue weighted by atomic mass is 127. The molecule has 0 radical (unpaired) electrons. The van der Waals surface area contributed by atoms with Gasteiger partial charge in [0.25, 0.3) is 0 Å². The van der Waals surface area contributed by atoms with Crippen LogP contribution in [0.25, 0.3) is 0 Å². The zero-order valence-electron chi connectivity index (χ0n) is 11.5. The number of nitrogens with zero attached hydrogens (tertiary/aromatic N) is 3. The first-order valence-corrected chi connectivity index (χ1v) is 11.3. The molecule has 0 bridgehead atoms. The molecule has 2 rings (SSSR count). The van der Waals surface area contributed by atoms with Gasteiger partial charge in [0.1, 0.15) is 24.4 Å². The molecule has 0 saturated heterocycles. The van der Waals surface area contributed by atoms with E-state index >= 15 is 0 Å². The minimum absolute atomic E-state index is 0.568. The molecule has 2 aliphatic rings. The second-order valence-electron chi connectivity index (χ2n) is 5.86. The van der Waals surface area contributed by atoms with Crippen LogP contribution in [0.3, 0.4) is 0 Å². The van der Waals surface area contributed by atoms with Gasteiger partial charge in [-0.05, 0) is 12.1 Å². The largest absolute Gasteiger partial charge is 0.361 e. The summed E-state index contributed by atoms with van der Waals surface area (Å²) in [4.78, 5) is 6.48. The molecule has 0 amide bonds. The Morgan fingerprint density at radius 2 is 2.21 bits per heavy atom. The molecular formula is C12H19ClIN3OSi. The summed E-state index contributed by atoms with van der Waals surface area (Å²) < 4.78 is 7.77. The summed E-state index contributed by atoms with van der Waals surface area (Å²) >= 11 is 8.47. The Bertz CT molecular complexity index is 445. The van der Waals surface area contributed by atoms with Crippen molar-refractivity contribution >= 4 is 48.4 Å². The summed E-state index contributed by atoms with van der Waals surface area (Å²) in [6.07, 6.45) is 3.73. The van der Waals surface area contributed by atoms with Gasteiger partial charge in [0.05, 0.1) is 28.4 Å². The van der Waals surface area contributed by atoms with E-state index in [9.17, 15) is 0 Å². The van der Waals surface area contributed by atoms with Gasteiger partial charge in [-0.3, -0.25) is 3.11 Å². The second-order valence-corrected chi connectivity index (χ2v) is 13.0. The number of aliphatic imine (C=N–C) groups is 1. The summed E-state index contributed by atoms with van der Waals surface area (Å²) in [7, 11) is -1.02. The lowest BCUT2D eigenvalue weighted by Crippen LogP contribution is -2.43. The Kier molecular flexibility index (Phi) is 4.97. The van der Waals surface area contributed by atoms with Gasteiger partial charge < -0.3 is 9.64 Å². The Morgan fingerprint density at radius 1 is 1.47 bits per heavy atom. The van der Waals surface area contributed by atoms with Gasteiger partial charge in [0, 0.05) is 20.9 Å². The van der Waals surface area contributed by atoms with Gasteiger partial charge in [0.2, 0.25) is 0 Å². The van der Waals surface area contributed by atoms with Crippen molar-refractivity contribution < 1.29 is 4.74 Å². The number of hydrogen-bond donors (Lipinski definition) is 0. The fourth-order valence-electron chi connectivity index (χ4n) is 1.80. The van der Waals surface area contributed by atoms with Crippen molar-refractivity contribution in [3.05, 3.63) is 23.0 Å². The average Bonchev–Trinajstić information content (AvgIpc) is 2.78. The number of ether oxygens (including phenoxy) is 1. The fraction of sp³-hybridized carbons (Fsp3) is 0.583. The molecule has 0 aromatic carbocycles. The maximum Gasteiger partial charge on any atom is 0.142 e. The Hall–Kier alpha value is -0.0531. The van der Waals surface area contributed by atoms with E-state index in [4.69, 9.17) is 16.3 Å². The smallest absolute Gasteiger partial charge is 0.142 e. The van der Waals surface area contributed by atoms with Crippen molar-refractivity contribution in [1.29, 1.82) is 0 Å². The fourth-order valence-corrected chi connectivity index (χ4v) is 3.39. The van der Waals surface area contributed by atoms with E-state index in [2.05, 4.69) is 52.4 Å². The molecule has 0 unspecified atom stereocenters. The minimum Gasteiger partial charge on any atom is -0.361 e. The summed E-state index contributed by atoms with van der Waals surface area (Å²) in [5.41, 5.74) is 0.983. The molecule has 7 heteroatoms. The van der Waals surface area contributed by atoms with E-state index in [-0.39, 0.29) is 0 Å². The number of halogens is 2. The molecule has 0 fully saturated rings. The first-order chi connectivity index (χ1) is 8.88. The molecule has 0 saturated carbocycles. The second kappa shape index (κ2) is 6.15. The zero-order valence-corrected chi connectivity index (χ0v) is 15.4. The Balaban J connectivity index is 1.89. The lowest BCUT2D eigenvalue weighted by Gasteiger charge is -2.34. The molecule has 19 heavy (non-hydrogen) atoms. The summed E-state index contributed by atoms with van der Waals surface area (Å²) in [6, 6.07) is 1.18. The van der Waals surface area contributed by atoms with Crippen molar-refractivity contribution in [1.82, 2.24) is 8.01 Å². The third-order valence-electron chi connectivity index (χ3n) is 2.95. The van der Waals surface area contributed by atoms with E-state index in [0.29, 0.717) is 13.4 Å². The van der Waals surface area contributed by atoms with Crippen molar-refractivity contribution in [2.45, 2.75) is 25.7 Å². The van der Waals surface area contributed by atoms with Gasteiger partial charge in [0.15, 0.2) is 0 Å². The van der Waals surface area contributed by atoms with Gasteiger partial charge >= 0.3 is 0 Å². The first-order valence-electron chi connectivity index (χ1n) is 6.29. The van der Waals surface area contributed by atoms with Gasteiger partial charge in [-0.2, -0.15) is 0 Å². The van der Waals surface area contributed by atoms with Crippen LogP contribution in [0, 0.1) is 0 Å². The van der Waals surface area contributed by atoms with Crippen LogP contribution in [0.2, 0.25) is 25.7 Å². The minimum atomic E-state index is -1.02. The zero-order chi connectivity index (χ0) is 14.0. The highest BCUT2D eigenvalue weighted by Gasteiger charge is 2.28. The topological polar surface area (TPSA) is 28.1 Å². The quantitative estimate of drug-likeness (QED) is 0.227. The van der Waals surface area contributed by atoms with Crippen LogP contribution in [0.15, 0.2) is 28.0 Å². The van der Waals surface area contributed by atoms with E-state index in [1.807, 2.05) is 9.19 Å². The predicted molar refractivity (Wildman–Crippen MR) is 91.0 cm³/mol. The molecule has 0 spiro atoms. The highest BCUT2D eigenvalue weighted by Crippen LogP contribution is 2.30. The molecule has 2 heterocycles. The van der Waals surface area contributed by atoms with Crippen LogP contribution in [-0.2, 0) is 4.74 Å². The first kappa shape index (κ1) is 15.3. The van der Waals surface area contributed by atoms with E-state index in [0.717, 1.165) is 23.2 Å². The van der Waals surface area contributed by atoms with Crippen LogP contribution in [-0.4, -0.2) is 41.9 Å². The highest BCUT2D eigenvalue weighted by molar-refractivity contribution is 14.1. The normalized spacial score (nSPS) is 19.1. The van der Waals surface area contributed by atoms with E-state index in [1.165, 1.54) is 6.04 Å². The Morgan fingerprint density at radius 3 is 2.89 bits per heavy atom. The number of fused-ring (bicyclic) bond motifs is 1. The van der Waals surface area contributed by atoms with Gasteiger partial charge in [-0.1, -0.05) is 31.2 Å². The summed E-state index contributed by atoms with van der Waals surface area (Å²) in [6.45, 7) is 9.16. The van der Waals surface area contributed by atoms with Crippen LogP contribution >= 0.6 is 34.5 Å². The van der Waals surface area contributed by atoms with Crippen LogP contribution in [0.1, 0.15) is 0 Å². The molecular weight excluding hydrogens is 393 g/mol. The summed E-state index contributed by atoms with van der Waals surface area (Å²) in [5.74, 6) is 0.922. The van der Waals surface area contributed by atoms with E-state index < -0.39 is 8.07 Å². The monoisotopic (exact) mass is 411 g/mol. The van der Waals surface area contributed by atoms with Crippen LogP contribution in [0.5, 0.6) is 0 Å². The molecule has 0 aliphatic carbocycles. The standard InChI is InChI=1S/C12H19ClIN3OSi/c1-19(2,3)7-6-18-9-16-8-17(14)11(13)10-4-5-15-12(10)16/h4-5H,6-9H2,1-3H3. The molecule has 0 atom stereocenters. The molecule has 0 aromatic heterocycles. The van der Waals surface area contributed by atoms with Gasteiger partial charge in [-0.15, -0.1) is 0 Å². The number of hydrogen-bond acceptors (Lipinski definition) is 4. The van der Waals surface area contributed by atoms with Crippen LogP contribution in [0.4, 0.5) is 0 Å². The van der Waals surface area contributed by atoms with Crippen LogP contribution < -0.4 is 0 Å². The van der Waals surface area contributed by atoms with E-state index in [1.54, 1.807) is 6.20 Å². The maximum absolute atomic E-state index is 6.26. The predicted octanol–water partition coefficient (Wildman–Crippen LogP) is 3.60. The molecule has 2 aliphatic heterocycles. The van der Waals surface area contributed by atoms with Gasteiger partial charge in [-0.25, -0.2) is 4.99 Å². The third-order valence-corrected chi connectivity index (χ3v) is 6.14. The third kappa shape index (κ3) is 3.96. The lowest BCUT2D eigenvalue weighted by molar-refractivity contribution is 0.0638. The lowest BCUT2D eigenvalue weighted by atomic mass is 10.2. The Labute approximate surface area is 134 Å². The van der Waals surface area contributed by atoms with Crippen molar-refractivity contribution in [2.75, 3.05) is 20.0 Å². The molecule has 0 aromatic rings. The summed E-state index contributed by atoms with van der Waals surface area (Å²) in [5, 5.41) is 0.742. The molecule has 0 N–H and O–H groups in total. The van der Waals surface area contributed by atoms with Crippen molar-refractivity contribution in [2.24, 2.45) is 4.99 Å². The maximum atomic E-state index is 6.26. The van der Waals surface area contributed by atoms with Crippen molar-refractivity contribution in [3.8, 4) is 0 Å². The van der Waals surface area contributed by atoms with Crippen molar-refractivity contribution in [3.63, 3.8) is 0 Å². The number of amidine groups is 1. The number of rotatable bonds is 5. The average molecular weight is 412 g/mol. The molecule has 106 valence electrons.